The second-order valence-corrected chi connectivity index (χ2v) is 10.0. The molecule has 9 heteroatoms. The fraction of sp³-hybridized carbons (Fsp3) is 0.333. The van der Waals surface area contributed by atoms with Gasteiger partial charge in [-0.1, -0.05) is 25.1 Å². The van der Waals surface area contributed by atoms with Crippen LogP contribution in [0.25, 0.3) is 28.4 Å². The molecule has 0 saturated carbocycles. The fourth-order valence-corrected chi connectivity index (χ4v) is 4.96. The van der Waals surface area contributed by atoms with E-state index in [0.29, 0.717) is 28.0 Å². The van der Waals surface area contributed by atoms with E-state index in [1.807, 2.05) is 24.3 Å². The molecule has 0 bridgehead atoms. The van der Waals surface area contributed by atoms with E-state index in [9.17, 15) is 19.5 Å². The van der Waals surface area contributed by atoms with Crippen molar-refractivity contribution in [1.29, 1.82) is 0 Å². The molecule has 0 unspecified atom stereocenters. The molecule has 0 fully saturated rings. The van der Waals surface area contributed by atoms with Crippen LogP contribution < -0.4 is 11.3 Å². The maximum Gasteiger partial charge on any atom is 0.343 e. The Morgan fingerprint density at radius 2 is 2.00 bits per heavy atom. The largest absolute Gasteiger partial charge is 0.458 e. The first-order valence-electron chi connectivity index (χ1n) is 11.7. The van der Waals surface area contributed by atoms with Gasteiger partial charge in [0.25, 0.3) is 5.56 Å². The molecule has 2 aromatic heterocycles. The highest BCUT2D eigenvalue weighted by Gasteiger charge is 2.47. The summed E-state index contributed by atoms with van der Waals surface area (Å²) in [5.74, 6) is -1.33. The van der Waals surface area contributed by atoms with E-state index in [4.69, 9.17) is 20.2 Å². The Hall–Kier alpha value is -3.98. The lowest BCUT2D eigenvalue weighted by Crippen LogP contribution is -2.45. The van der Waals surface area contributed by atoms with Crippen LogP contribution in [0.3, 0.4) is 0 Å². The maximum absolute atomic E-state index is 13.5. The highest BCUT2D eigenvalue weighted by molar-refractivity contribution is 5.98. The van der Waals surface area contributed by atoms with Gasteiger partial charge in [0.1, 0.15) is 12.2 Å². The molecular formula is C27H27N3O6. The van der Waals surface area contributed by atoms with Crippen molar-refractivity contribution in [2.45, 2.75) is 58.5 Å². The monoisotopic (exact) mass is 489 g/mol. The van der Waals surface area contributed by atoms with Gasteiger partial charge in [-0.15, -0.1) is 0 Å². The second kappa shape index (κ2) is 8.03. The molecule has 2 aliphatic rings. The number of hydrogen-bond acceptors (Lipinski definition) is 8. The van der Waals surface area contributed by atoms with Crippen LogP contribution in [0.5, 0.6) is 0 Å². The lowest BCUT2D eigenvalue weighted by atomic mass is 9.84. The van der Waals surface area contributed by atoms with E-state index in [0.717, 1.165) is 5.39 Å². The third-order valence-electron chi connectivity index (χ3n) is 6.58. The maximum atomic E-state index is 13.5. The van der Waals surface area contributed by atoms with Crippen molar-refractivity contribution in [2.75, 3.05) is 5.73 Å². The SMILES string of the molecule is CC[C@@]1(O)C(=O)OCc2c1c(N)c1n(c2=O)Cc2c-1nc1ccccc1c2C=CC(=O)OC(C)(C)C. The third-order valence-corrected chi connectivity index (χ3v) is 6.58. The zero-order chi connectivity index (χ0) is 26.0. The summed E-state index contributed by atoms with van der Waals surface area (Å²) in [7, 11) is 0. The van der Waals surface area contributed by atoms with E-state index >= 15 is 0 Å². The van der Waals surface area contributed by atoms with Crippen molar-refractivity contribution in [1.82, 2.24) is 9.55 Å². The van der Waals surface area contributed by atoms with E-state index in [2.05, 4.69) is 0 Å². The van der Waals surface area contributed by atoms with Crippen LogP contribution in [-0.4, -0.2) is 32.2 Å². The Kier molecular flexibility index (Phi) is 5.29. The summed E-state index contributed by atoms with van der Waals surface area (Å²) in [6, 6.07) is 7.43. The average molecular weight is 490 g/mol. The minimum atomic E-state index is -2.02. The van der Waals surface area contributed by atoms with Gasteiger partial charge in [0, 0.05) is 22.6 Å². The minimum Gasteiger partial charge on any atom is -0.458 e. The number of hydrogen-bond donors (Lipinski definition) is 2. The van der Waals surface area contributed by atoms with Gasteiger partial charge >= 0.3 is 11.9 Å². The molecule has 2 aliphatic heterocycles. The molecule has 186 valence electrons. The molecule has 0 aliphatic carbocycles. The molecule has 3 N–H and O–H groups in total. The molecular weight excluding hydrogens is 462 g/mol. The number of esters is 2. The van der Waals surface area contributed by atoms with Crippen LogP contribution >= 0.6 is 0 Å². The normalized spacial score (nSPS) is 18.6. The first-order valence-corrected chi connectivity index (χ1v) is 11.7. The molecule has 1 atom stereocenters. The highest BCUT2D eigenvalue weighted by atomic mass is 16.6. The van der Waals surface area contributed by atoms with Crippen LogP contribution in [0.15, 0.2) is 35.1 Å². The molecule has 5 rings (SSSR count). The van der Waals surface area contributed by atoms with Gasteiger partial charge < -0.3 is 24.9 Å². The highest BCUT2D eigenvalue weighted by Crippen LogP contribution is 2.45. The number of nitrogens with two attached hydrogens (primary N) is 1. The number of nitrogen functional groups attached to an aromatic ring is 1. The van der Waals surface area contributed by atoms with Crippen molar-refractivity contribution in [3.8, 4) is 11.4 Å². The zero-order valence-electron chi connectivity index (χ0n) is 20.5. The first kappa shape index (κ1) is 23.7. The summed E-state index contributed by atoms with van der Waals surface area (Å²) < 4.78 is 12.0. The topological polar surface area (TPSA) is 134 Å². The molecule has 4 heterocycles. The van der Waals surface area contributed by atoms with Gasteiger partial charge in [-0.3, -0.25) is 4.79 Å². The molecule has 0 saturated heterocycles. The lowest BCUT2D eigenvalue weighted by Gasteiger charge is -2.33. The van der Waals surface area contributed by atoms with Crippen molar-refractivity contribution in [3.63, 3.8) is 0 Å². The van der Waals surface area contributed by atoms with Gasteiger partial charge in [0.2, 0.25) is 0 Å². The number of aliphatic hydroxyl groups is 1. The Bertz CT molecular complexity index is 1550. The Morgan fingerprint density at radius 1 is 1.28 bits per heavy atom. The molecule has 36 heavy (non-hydrogen) atoms. The molecule has 9 nitrogen and oxygen atoms in total. The standard InChI is InChI=1S/C27H27N3O6/c1-5-27(34)20-17(13-35-25(27)33)24(32)30-12-16-14(10-11-19(31)36-26(2,3)4)15-8-6-7-9-18(15)29-22(16)23(30)21(20)28/h6-11,34H,5,12-13,28H2,1-4H3/t27-/m0/s1. The number of pyridine rings is 2. The zero-order valence-corrected chi connectivity index (χ0v) is 20.5. The quantitative estimate of drug-likeness (QED) is 0.331. The number of rotatable bonds is 3. The molecule has 0 amide bonds. The van der Waals surface area contributed by atoms with Gasteiger partial charge in [0.05, 0.1) is 34.7 Å². The predicted octanol–water partition coefficient (Wildman–Crippen LogP) is 3.02. The van der Waals surface area contributed by atoms with Gasteiger partial charge in [-0.25, -0.2) is 14.6 Å². The Labute approximate surface area is 207 Å². The minimum absolute atomic E-state index is 0.00614. The van der Waals surface area contributed by atoms with Crippen LogP contribution in [0.1, 0.15) is 56.4 Å². The summed E-state index contributed by atoms with van der Waals surface area (Å²) in [6.45, 7) is 6.88. The Balaban J connectivity index is 1.76. The number of anilines is 1. The van der Waals surface area contributed by atoms with Crippen molar-refractivity contribution in [2.24, 2.45) is 0 Å². The predicted molar refractivity (Wildman–Crippen MR) is 134 cm³/mol. The first-order chi connectivity index (χ1) is 17.0. The molecule has 1 aromatic carbocycles. The Morgan fingerprint density at radius 3 is 2.69 bits per heavy atom. The summed E-state index contributed by atoms with van der Waals surface area (Å²) >= 11 is 0. The van der Waals surface area contributed by atoms with Crippen LogP contribution in [0, 0.1) is 0 Å². The van der Waals surface area contributed by atoms with Gasteiger partial charge in [0.15, 0.2) is 5.60 Å². The number of fused-ring (bicyclic) bond motifs is 5. The van der Waals surface area contributed by atoms with E-state index in [-0.39, 0.29) is 36.4 Å². The third kappa shape index (κ3) is 3.50. The van der Waals surface area contributed by atoms with Gasteiger partial charge in [-0.2, -0.15) is 0 Å². The van der Waals surface area contributed by atoms with E-state index < -0.39 is 28.7 Å². The molecule has 3 aromatic rings. The summed E-state index contributed by atoms with van der Waals surface area (Å²) in [4.78, 5) is 43.3. The smallest absolute Gasteiger partial charge is 0.343 e. The van der Waals surface area contributed by atoms with Gasteiger partial charge in [-0.05, 0) is 44.9 Å². The molecule has 0 radical (unpaired) electrons. The molecule has 0 spiro atoms. The van der Waals surface area contributed by atoms with Crippen molar-refractivity contribution < 1.29 is 24.2 Å². The number of para-hydroxylation sites is 1. The number of ether oxygens (including phenoxy) is 2. The summed E-state index contributed by atoms with van der Waals surface area (Å²) in [5, 5.41) is 12.0. The average Bonchev–Trinajstić information content (AvgIpc) is 3.20. The van der Waals surface area contributed by atoms with E-state index in [1.54, 1.807) is 33.8 Å². The fourth-order valence-electron chi connectivity index (χ4n) is 4.96. The van der Waals surface area contributed by atoms with E-state index in [1.165, 1.54) is 10.6 Å². The number of carbonyl (C=O) groups excluding carboxylic acids is 2. The number of cyclic esters (lactones) is 1. The summed E-state index contributed by atoms with van der Waals surface area (Å²) in [5.41, 5.74) is 6.73. The number of aromatic nitrogens is 2. The number of nitrogens with zero attached hydrogens (tertiary/aromatic N) is 2. The second-order valence-electron chi connectivity index (χ2n) is 10.0. The van der Waals surface area contributed by atoms with Crippen molar-refractivity contribution in [3.05, 3.63) is 62.9 Å². The number of carbonyl (C=O) groups is 2. The van der Waals surface area contributed by atoms with Crippen LogP contribution in [-0.2, 0) is 37.8 Å². The lowest BCUT2D eigenvalue weighted by molar-refractivity contribution is -0.172. The van der Waals surface area contributed by atoms with Crippen molar-refractivity contribution >= 4 is 34.6 Å². The van der Waals surface area contributed by atoms with Crippen LogP contribution in [0.4, 0.5) is 5.69 Å². The number of benzene rings is 1. The van der Waals surface area contributed by atoms with Crippen LogP contribution in [0.2, 0.25) is 0 Å². The summed E-state index contributed by atoms with van der Waals surface area (Å²) in [6.07, 6.45) is 3.02.